The normalized spacial score (nSPS) is 11.5. The van der Waals surface area contributed by atoms with Gasteiger partial charge < -0.3 is 4.74 Å². The SMILES string of the molecule is COc1ccc(-c2nn(C(C)C)c3cc4ccccc4cc23)cc1. The lowest BCUT2D eigenvalue weighted by molar-refractivity contribution is 0.415. The van der Waals surface area contributed by atoms with Gasteiger partial charge in [-0.3, -0.25) is 4.68 Å². The fraction of sp³-hybridized carbons (Fsp3) is 0.190. The Balaban J connectivity index is 2.01. The third-order valence-corrected chi connectivity index (χ3v) is 4.43. The van der Waals surface area contributed by atoms with Gasteiger partial charge in [0.15, 0.2) is 0 Å². The van der Waals surface area contributed by atoms with Crippen LogP contribution in [0.5, 0.6) is 5.75 Å². The molecule has 0 aliphatic heterocycles. The molecule has 4 rings (SSSR count). The number of aromatic nitrogens is 2. The zero-order valence-corrected chi connectivity index (χ0v) is 14.2. The molecule has 3 aromatic carbocycles. The van der Waals surface area contributed by atoms with Gasteiger partial charge in [-0.25, -0.2) is 0 Å². The van der Waals surface area contributed by atoms with Crippen molar-refractivity contribution in [2.24, 2.45) is 0 Å². The van der Waals surface area contributed by atoms with Crippen molar-refractivity contribution in [2.45, 2.75) is 19.9 Å². The van der Waals surface area contributed by atoms with E-state index in [9.17, 15) is 0 Å². The van der Waals surface area contributed by atoms with E-state index in [-0.39, 0.29) is 0 Å². The second kappa shape index (κ2) is 5.68. The predicted octanol–water partition coefficient (Wildman–Crippen LogP) is 5.45. The molecule has 0 atom stereocenters. The van der Waals surface area contributed by atoms with Crippen molar-refractivity contribution < 1.29 is 4.74 Å². The van der Waals surface area contributed by atoms with Gasteiger partial charge in [0.25, 0.3) is 0 Å². The molecule has 0 N–H and O–H groups in total. The van der Waals surface area contributed by atoms with Gasteiger partial charge in [-0.1, -0.05) is 24.3 Å². The van der Waals surface area contributed by atoms with Crippen LogP contribution >= 0.6 is 0 Å². The predicted molar refractivity (Wildman–Crippen MR) is 99.6 cm³/mol. The fourth-order valence-electron chi connectivity index (χ4n) is 3.18. The molecule has 0 unspecified atom stereocenters. The minimum Gasteiger partial charge on any atom is -0.497 e. The molecule has 0 bridgehead atoms. The van der Waals surface area contributed by atoms with Gasteiger partial charge in [0, 0.05) is 17.0 Å². The number of benzene rings is 3. The highest BCUT2D eigenvalue weighted by Gasteiger charge is 2.15. The van der Waals surface area contributed by atoms with Crippen LogP contribution in [-0.2, 0) is 0 Å². The van der Waals surface area contributed by atoms with Gasteiger partial charge in [-0.2, -0.15) is 5.10 Å². The van der Waals surface area contributed by atoms with Crippen molar-refractivity contribution in [3.63, 3.8) is 0 Å². The number of fused-ring (bicyclic) bond motifs is 2. The van der Waals surface area contributed by atoms with E-state index in [0.29, 0.717) is 6.04 Å². The molecule has 120 valence electrons. The second-order valence-electron chi connectivity index (χ2n) is 6.33. The summed E-state index contributed by atoms with van der Waals surface area (Å²) in [5.74, 6) is 0.858. The summed E-state index contributed by atoms with van der Waals surface area (Å²) >= 11 is 0. The molecule has 1 heterocycles. The Hall–Kier alpha value is -2.81. The maximum atomic E-state index is 5.27. The number of nitrogens with zero attached hydrogens (tertiary/aromatic N) is 2. The van der Waals surface area contributed by atoms with Gasteiger partial charge in [0.2, 0.25) is 0 Å². The van der Waals surface area contributed by atoms with Crippen LogP contribution in [0.15, 0.2) is 60.7 Å². The molecule has 0 saturated carbocycles. The summed E-state index contributed by atoms with van der Waals surface area (Å²) in [4.78, 5) is 0. The van der Waals surface area contributed by atoms with Crippen molar-refractivity contribution >= 4 is 21.7 Å². The minimum atomic E-state index is 0.306. The van der Waals surface area contributed by atoms with Crippen LogP contribution in [0.3, 0.4) is 0 Å². The summed E-state index contributed by atoms with van der Waals surface area (Å²) in [5.41, 5.74) is 3.30. The Labute approximate surface area is 141 Å². The number of rotatable bonds is 3. The van der Waals surface area contributed by atoms with E-state index in [4.69, 9.17) is 9.84 Å². The summed E-state index contributed by atoms with van der Waals surface area (Å²) in [6.07, 6.45) is 0. The Morgan fingerprint density at radius 1 is 0.917 bits per heavy atom. The maximum absolute atomic E-state index is 5.27. The zero-order valence-electron chi connectivity index (χ0n) is 14.2. The largest absolute Gasteiger partial charge is 0.497 e. The molecule has 0 aliphatic carbocycles. The lowest BCUT2D eigenvalue weighted by atomic mass is 10.0. The van der Waals surface area contributed by atoms with Gasteiger partial charge in [-0.15, -0.1) is 0 Å². The molecular weight excluding hydrogens is 296 g/mol. The Kier molecular flexibility index (Phi) is 3.49. The van der Waals surface area contributed by atoms with Crippen LogP contribution in [0.2, 0.25) is 0 Å². The van der Waals surface area contributed by atoms with Crippen molar-refractivity contribution in [3.05, 3.63) is 60.7 Å². The van der Waals surface area contributed by atoms with Gasteiger partial charge in [0.1, 0.15) is 11.4 Å². The Morgan fingerprint density at radius 2 is 1.58 bits per heavy atom. The first-order valence-electron chi connectivity index (χ1n) is 8.23. The molecule has 24 heavy (non-hydrogen) atoms. The van der Waals surface area contributed by atoms with E-state index >= 15 is 0 Å². The molecule has 1 aromatic heterocycles. The lowest BCUT2D eigenvalue weighted by Gasteiger charge is -2.07. The molecule has 0 spiro atoms. The van der Waals surface area contributed by atoms with Crippen LogP contribution in [0.4, 0.5) is 0 Å². The van der Waals surface area contributed by atoms with E-state index in [2.05, 4.69) is 67.1 Å². The van der Waals surface area contributed by atoms with Crippen LogP contribution in [-0.4, -0.2) is 16.9 Å². The van der Waals surface area contributed by atoms with Crippen molar-refractivity contribution in [1.82, 2.24) is 9.78 Å². The molecule has 0 fully saturated rings. The third kappa shape index (κ3) is 2.33. The van der Waals surface area contributed by atoms with E-state index in [1.807, 2.05) is 12.1 Å². The molecule has 0 saturated heterocycles. The fourth-order valence-corrected chi connectivity index (χ4v) is 3.18. The monoisotopic (exact) mass is 316 g/mol. The molecular formula is C21H20N2O. The van der Waals surface area contributed by atoms with Gasteiger partial charge >= 0.3 is 0 Å². The number of methoxy groups -OCH3 is 1. The first-order chi connectivity index (χ1) is 11.7. The smallest absolute Gasteiger partial charge is 0.118 e. The quantitative estimate of drug-likeness (QED) is 0.503. The number of hydrogen-bond donors (Lipinski definition) is 0. The van der Waals surface area contributed by atoms with Crippen molar-refractivity contribution in [3.8, 4) is 17.0 Å². The maximum Gasteiger partial charge on any atom is 0.118 e. The summed E-state index contributed by atoms with van der Waals surface area (Å²) in [6, 6.07) is 21.4. The van der Waals surface area contributed by atoms with Crippen LogP contribution in [0.1, 0.15) is 19.9 Å². The number of ether oxygens (including phenoxy) is 1. The summed E-state index contributed by atoms with van der Waals surface area (Å²) in [7, 11) is 1.68. The zero-order chi connectivity index (χ0) is 16.7. The molecule has 4 aromatic rings. The molecule has 3 nitrogen and oxygen atoms in total. The molecule has 0 radical (unpaired) electrons. The topological polar surface area (TPSA) is 27.1 Å². The number of hydrogen-bond acceptors (Lipinski definition) is 2. The lowest BCUT2D eigenvalue weighted by Crippen LogP contribution is -2.02. The van der Waals surface area contributed by atoms with Gasteiger partial charge in [0.05, 0.1) is 12.6 Å². The summed E-state index contributed by atoms with van der Waals surface area (Å²) in [6.45, 7) is 4.33. The highest BCUT2D eigenvalue weighted by molar-refractivity contribution is 6.02. The first-order valence-corrected chi connectivity index (χ1v) is 8.23. The van der Waals surface area contributed by atoms with E-state index < -0.39 is 0 Å². The van der Waals surface area contributed by atoms with Crippen molar-refractivity contribution in [2.75, 3.05) is 7.11 Å². The van der Waals surface area contributed by atoms with E-state index in [1.165, 1.54) is 21.7 Å². The highest BCUT2D eigenvalue weighted by atomic mass is 16.5. The Morgan fingerprint density at radius 3 is 2.21 bits per heavy atom. The average Bonchev–Trinajstić information content (AvgIpc) is 2.98. The van der Waals surface area contributed by atoms with E-state index in [1.54, 1.807) is 7.11 Å². The van der Waals surface area contributed by atoms with Gasteiger partial charge in [-0.05, 0) is 61.0 Å². The molecule has 3 heteroatoms. The van der Waals surface area contributed by atoms with Crippen LogP contribution in [0, 0.1) is 0 Å². The van der Waals surface area contributed by atoms with E-state index in [0.717, 1.165) is 17.0 Å². The molecule has 0 aliphatic rings. The summed E-state index contributed by atoms with van der Waals surface area (Å²) < 4.78 is 7.38. The standard InChI is InChI=1S/C21H20N2O/c1-14(2)23-20-13-17-7-5-4-6-16(17)12-19(20)21(22-23)15-8-10-18(24-3)11-9-15/h4-14H,1-3H3. The highest BCUT2D eigenvalue weighted by Crippen LogP contribution is 2.33. The third-order valence-electron chi connectivity index (χ3n) is 4.43. The van der Waals surface area contributed by atoms with Crippen LogP contribution < -0.4 is 4.74 Å². The molecule has 0 amide bonds. The minimum absolute atomic E-state index is 0.306. The second-order valence-corrected chi connectivity index (χ2v) is 6.33. The first kappa shape index (κ1) is 14.8. The summed E-state index contributed by atoms with van der Waals surface area (Å²) in [5, 5.41) is 8.58. The van der Waals surface area contributed by atoms with Crippen molar-refractivity contribution in [1.29, 1.82) is 0 Å². The average molecular weight is 316 g/mol. The Bertz CT molecular complexity index is 1010. The van der Waals surface area contributed by atoms with Crippen LogP contribution in [0.25, 0.3) is 32.9 Å².